The van der Waals surface area contributed by atoms with E-state index in [9.17, 15) is 0 Å². The monoisotopic (exact) mass is 329 g/mol. The van der Waals surface area contributed by atoms with Crippen LogP contribution < -0.4 is 0 Å². The summed E-state index contributed by atoms with van der Waals surface area (Å²) >= 11 is 0.935. The van der Waals surface area contributed by atoms with Crippen LogP contribution in [0.2, 0.25) is 0 Å². The number of hydrogen-bond acceptors (Lipinski definition) is 2. The normalized spacial score (nSPS) is 11.2. The Morgan fingerprint density at radius 1 is 0.875 bits per heavy atom. The van der Waals surface area contributed by atoms with Crippen LogP contribution >= 0.6 is 0 Å². The first kappa shape index (κ1) is 16.8. The van der Waals surface area contributed by atoms with E-state index in [1.807, 2.05) is 0 Å². The van der Waals surface area contributed by atoms with E-state index in [0.29, 0.717) is 0 Å². The van der Waals surface area contributed by atoms with Crippen molar-refractivity contribution < 1.29 is 2.85 Å². The third kappa shape index (κ3) is 11.3. The van der Waals surface area contributed by atoms with Gasteiger partial charge in [-0.25, -0.2) is 0 Å². The molecular weight excluding hydrogens is 301 g/mol. The zero-order chi connectivity index (χ0) is 12.1. The van der Waals surface area contributed by atoms with Crippen molar-refractivity contribution in [2.45, 2.75) is 58.8 Å². The Bertz CT molecular complexity index is 133. The van der Waals surface area contributed by atoms with Crippen molar-refractivity contribution in [3.63, 3.8) is 0 Å². The molecule has 0 aliphatic heterocycles. The van der Waals surface area contributed by atoms with Gasteiger partial charge in [-0.3, -0.25) is 0 Å². The molecule has 0 amide bonds. The van der Waals surface area contributed by atoms with Crippen molar-refractivity contribution >= 4 is 24.8 Å². The molecule has 2 nitrogen and oxygen atoms in total. The topological polar surface area (TPSA) is 12.5 Å². The van der Waals surface area contributed by atoms with Gasteiger partial charge in [0, 0.05) is 0 Å². The first-order valence-electron chi connectivity index (χ1n) is 6.89. The molecule has 0 saturated carbocycles. The standard InChI is InChI=1S/C13H28NO.In/c1-3-5-6-7-8-9-10-11-14(4-2)12-13-15;/h3-13H2,1-2H3;/q-1;+1. The van der Waals surface area contributed by atoms with Gasteiger partial charge in [-0.15, -0.1) is 0 Å². The van der Waals surface area contributed by atoms with Gasteiger partial charge >= 0.3 is 111 Å². The summed E-state index contributed by atoms with van der Waals surface area (Å²) in [6.07, 6.45) is 9.82. The second kappa shape index (κ2) is 13.9. The molecule has 0 unspecified atom stereocenters. The zero-order valence-corrected chi connectivity index (χ0v) is 14.5. The molecule has 0 bridgehead atoms. The summed E-state index contributed by atoms with van der Waals surface area (Å²) < 4.78 is 5.23. The molecule has 0 atom stereocenters. The van der Waals surface area contributed by atoms with E-state index in [-0.39, 0.29) is 0 Å². The molecule has 0 aliphatic rings. The molecular formula is C13H28InNO. The second-order valence-electron chi connectivity index (χ2n) is 4.43. The minimum atomic E-state index is 0.923. The van der Waals surface area contributed by atoms with E-state index < -0.39 is 0 Å². The Morgan fingerprint density at radius 3 is 2.06 bits per heavy atom. The predicted molar refractivity (Wildman–Crippen MR) is 71.8 cm³/mol. The summed E-state index contributed by atoms with van der Waals surface area (Å²) in [6, 6.07) is 0. The number of unbranched alkanes of at least 4 members (excludes halogenated alkanes) is 6. The van der Waals surface area contributed by atoms with Crippen molar-refractivity contribution in [1.29, 1.82) is 0 Å². The fourth-order valence-electron chi connectivity index (χ4n) is 1.90. The first-order chi connectivity index (χ1) is 7.85. The molecule has 0 saturated heterocycles. The Labute approximate surface area is 117 Å². The Hall–Kier alpha value is 0.790. The third-order valence-corrected chi connectivity index (χ3v) is 3.72. The Kier molecular flexibility index (Phi) is 14.5. The zero-order valence-electron chi connectivity index (χ0n) is 11.2. The summed E-state index contributed by atoms with van der Waals surface area (Å²) in [5, 5.41) is 0. The van der Waals surface area contributed by atoms with Gasteiger partial charge in [0.25, 0.3) is 0 Å². The van der Waals surface area contributed by atoms with E-state index in [1.165, 1.54) is 58.0 Å². The van der Waals surface area contributed by atoms with Crippen LogP contribution in [0.5, 0.6) is 0 Å². The molecule has 0 fully saturated rings. The SMILES string of the molecule is CCCCCCCCCN(CC)CC[O][In]. The van der Waals surface area contributed by atoms with E-state index in [0.717, 1.165) is 38.0 Å². The van der Waals surface area contributed by atoms with Gasteiger partial charge in [0.15, 0.2) is 0 Å². The molecule has 2 radical (unpaired) electrons. The van der Waals surface area contributed by atoms with Crippen LogP contribution in [-0.2, 0) is 2.85 Å². The maximum absolute atomic E-state index is 5.23. The number of rotatable bonds is 12. The fraction of sp³-hybridized carbons (Fsp3) is 1.00. The van der Waals surface area contributed by atoms with Crippen molar-refractivity contribution in [2.24, 2.45) is 0 Å². The van der Waals surface area contributed by atoms with E-state index in [4.69, 9.17) is 2.85 Å². The molecule has 0 aromatic carbocycles. The summed E-state index contributed by atoms with van der Waals surface area (Å²) in [7, 11) is 0. The minimum absolute atomic E-state index is 0.923. The molecule has 94 valence electrons. The molecule has 0 rings (SSSR count). The Morgan fingerprint density at radius 2 is 1.50 bits per heavy atom. The van der Waals surface area contributed by atoms with Gasteiger partial charge in [-0.1, -0.05) is 6.92 Å². The van der Waals surface area contributed by atoms with Crippen LogP contribution in [0.25, 0.3) is 0 Å². The van der Waals surface area contributed by atoms with Gasteiger partial charge in [-0.05, 0) is 0 Å². The fourth-order valence-corrected chi connectivity index (χ4v) is 2.20. The van der Waals surface area contributed by atoms with Crippen LogP contribution in [-0.4, -0.2) is 56.0 Å². The van der Waals surface area contributed by atoms with E-state index in [1.54, 1.807) is 0 Å². The number of likely N-dealkylation sites (N-methyl/N-ethyl adjacent to an activating group) is 1. The molecule has 0 aliphatic carbocycles. The molecule has 16 heavy (non-hydrogen) atoms. The van der Waals surface area contributed by atoms with Gasteiger partial charge in [0.05, 0.1) is 0 Å². The second-order valence-corrected chi connectivity index (χ2v) is 5.38. The molecule has 0 aromatic heterocycles. The molecule has 3 heteroatoms. The van der Waals surface area contributed by atoms with Crippen LogP contribution in [0.4, 0.5) is 0 Å². The van der Waals surface area contributed by atoms with Crippen LogP contribution in [0.1, 0.15) is 58.8 Å². The summed E-state index contributed by atoms with van der Waals surface area (Å²) in [5.74, 6) is 0. The Balaban J connectivity index is 3.20. The third-order valence-electron chi connectivity index (χ3n) is 3.05. The van der Waals surface area contributed by atoms with Crippen LogP contribution in [0.3, 0.4) is 0 Å². The average Bonchev–Trinajstić information content (AvgIpc) is 2.32. The quantitative estimate of drug-likeness (QED) is 0.510. The molecule has 0 spiro atoms. The maximum atomic E-state index is 5.23. The van der Waals surface area contributed by atoms with Gasteiger partial charge in [0.2, 0.25) is 0 Å². The summed E-state index contributed by atoms with van der Waals surface area (Å²) in [6.45, 7) is 8.99. The van der Waals surface area contributed by atoms with Crippen molar-refractivity contribution in [3.8, 4) is 0 Å². The predicted octanol–water partition coefficient (Wildman–Crippen LogP) is 3.16. The van der Waals surface area contributed by atoms with Crippen molar-refractivity contribution in [3.05, 3.63) is 0 Å². The number of hydrogen-bond donors (Lipinski definition) is 0. The average molecular weight is 329 g/mol. The molecule has 0 heterocycles. The van der Waals surface area contributed by atoms with E-state index in [2.05, 4.69) is 18.7 Å². The molecule has 0 aromatic rings. The van der Waals surface area contributed by atoms with Gasteiger partial charge < -0.3 is 0 Å². The van der Waals surface area contributed by atoms with Crippen LogP contribution in [0.15, 0.2) is 0 Å². The summed E-state index contributed by atoms with van der Waals surface area (Å²) in [5.41, 5.74) is 0. The van der Waals surface area contributed by atoms with Gasteiger partial charge in [-0.2, -0.15) is 0 Å². The summed E-state index contributed by atoms with van der Waals surface area (Å²) in [4.78, 5) is 2.50. The van der Waals surface area contributed by atoms with E-state index >= 15 is 0 Å². The van der Waals surface area contributed by atoms with Crippen molar-refractivity contribution in [1.82, 2.24) is 4.90 Å². The first-order valence-corrected chi connectivity index (χ1v) is 8.23. The van der Waals surface area contributed by atoms with Crippen molar-refractivity contribution in [2.75, 3.05) is 26.2 Å². The van der Waals surface area contributed by atoms with Crippen LogP contribution in [0, 0.1) is 0 Å². The number of nitrogens with zero attached hydrogens (tertiary/aromatic N) is 1. The van der Waals surface area contributed by atoms with Gasteiger partial charge in [0.1, 0.15) is 0 Å². The molecule has 0 N–H and O–H groups in total.